The molecule has 1 N–H and O–H groups in total. The first kappa shape index (κ1) is 18.2. The molecule has 2 aromatic rings. The average Bonchev–Trinajstić information content (AvgIpc) is 2.96. The number of anilines is 1. The van der Waals surface area contributed by atoms with Gasteiger partial charge in [0, 0.05) is 24.7 Å². The molecule has 0 spiro atoms. The number of aromatic nitrogens is 2. The van der Waals surface area contributed by atoms with E-state index in [0.717, 1.165) is 43.0 Å². The van der Waals surface area contributed by atoms with Gasteiger partial charge in [0.25, 0.3) is 0 Å². The molecule has 1 aliphatic heterocycles. The zero-order valence-electron chi connectivity index (χ0n) is 14.3. The van der Waals surface area contributed by atoms with Crippen LogP contribution in [-0.4, -0.2) is 39.3 Å². The second kappa shape index (κ2) is 7.77. The van der Waals surface area contributed by atoms with Crippen LogP contribution in [0.4, 0.5) is 5.13 Å². The van der Waals surface area contributed by atoms with Crippen LogP contribution >= 0.6 is 11.3 Å². The maximum absolute atomic E-state index is 12.5. The number of nitrogens with one attached hydrogen (secondary N) is 1. The third-order valence-corrected chi connectivity index (χ3v) is 6.08. The molecule has 0 saturated heterocycles. The molecule has 0 saturated carbocycles. The normalized spacial score (nSPS) is 17.4. The summed E-state index contributed by atoms with van der Waals surface area (Å²) in [5.74, 6) is 1.29. The Morgan fingerprint density at radius 1 is 1.48 bits per heavy atom. The number of sulfonamides is 1. The third kappa shape index (κ3) is 4.75. The molecule has 1 aromatic heterocycles. The molecule has 0 fully saturated rings. The highest BCUT2D eigenvalue weighted by Gasteiger charge is 2.25. The summed E-state index contributed by atoms with van der Waals surface area (Å²) in [6.07, 6.45) is 1.13. The van der Waals surface area contributed by atoms with Crippen molar-refractivity contribution in [2.45, 2.75) is 31.7 Å². The van der Waals surface area contributed by atoms with Crippen molar-refractivity contribution in [1.29, 1.82) is 0 Å². The summed E-state index contributed by atoms with van der Waals surface area (Å²) in [5.41, 5.74) is 2.49. The molecule has 0 bridgehead atoms. The van der Waals surface area contributed by atoms with Crippen LogP contribution < -0.4 is 9.46 Å². The zero-order chi connectivity index (χ0) is 17.9. The fourth-order valence-electron chi connectivity index (χ4n) is 2.59. The number of benzene rings is 1. The lowest BCUT2D eigenvalue weighted by Crippen LogP contribution is -2.27. The van der Waals surface area contributed by atoms with Gasteiger partial charge in [-0.2, -0.15) is 4.72 Å². The second-order valence-corrected chi connectivity index (χ2v) is 8.94. The van der Waals surface area contributed by atoms with E-state index in [1.807, 2.05) is 6.07 Å². The van der Waals surface area contributed by atoms with Gasteiger partial charge in [0.15, 0.2) is 15.3 Å². The van der Waals surface area contributed by atoms with Crippen molar-refractivity contribution in [3.05, 3.63) is 29.3 Å². The lowest BCUT2D eigenvalue weighted by molar-refractivity contribution is 0.216. The van der Waals surface area contributed by atoms with Gasteiger partial charge in [-0.1, -0.05) is 29.4 Å². The molecular formula is C16H22N4O3S2. The Balaban J connectivity index is 1.75. The highest BCUT2D eigenvalue weighted by Crippen LogP contribution is 2.29. The van der Waals surface area contributed by atoms with Gasteiger partial charge in [-0.05, 0) is 31.0 Å². The summed E-state index contributed by atoms with van der Waals surface area (Å²) in [5, 5.41) is 7.59. The Bertz CT molecular complexity index is 752. The van der Waals surface area contributed by atoms with Crippen molar-refractivity contribution in [3.8, 4) is 5.75 Å². The summed E-state index contributed by atoms with van der Waals surface area (Å²) >= 11 is 1.13. The van der Waals surface area contributed by atoms with Crippen molar-refractivity contribution < 1.29 is 13.5 Å². The second-order valence-electron chi connectivity index (χ2n) is 6.43. The molecule has 1 unspecified atom stereocenters. The molecule has 1 atom stereocenters. The van der Waals surface area contributed by atoms with Gasteiger partial charge in [0.2, 0.25) is 5.13 Å². The molecule has 136 valence electrons. The van der Waals surface area contributed by atoms with Gasteiger partial charge in [0.1, 0.15) is 17.9 Å². The maximum Gasteiger partial charge on any atom is 0.247 e. The molecule has 1 aliphatic rings. The van der Waals surface area contributed by atoms with E-state index in [9.17, 15) is 8.76 Å². The number of ether oxygens (including phenoxy) is 1. The number of hydrogen-bond acceptors (Lipinski definition) is 7. The summed E-state index contributed by atoms with van der Waals surface area (Å²) in [6.45, 7) is 7.60. The SMILES string of the molecule is CC(C)CCN1CCOc2cc([S+](=O)([O-])Nc3nncs3)ccc2C1. The van der Waals surface area contributed by atoms with Crippen LogP contribution in [0, 0.1) is 5.92 Å². The van der Waals surface area contributed by atoms with Gasteiger partial charge in [0.05, 0.1) is 0 Å². The van der Waals surface area contributed by atoms with E-state index < -0.39 is 10.4 Å². The van der Waals surface area contributed by atoms with Crippen LogP contribution in [0.25, 0.3) is 0 Å². The fraction of sp³-hybridized carbons (Fsp3) is 0.500. The van der Waals surface area contributed by atoms with Gasteiger partial charge in [-0.3, -0.25) is 4.90 Å². The minimum atomic E-state index is -3.70. The largest absolute Gasteiger partial charge is 0.588 e. The lowest BCUT2D eigenvalue weighted by atomic mass is 10.1. The molecule has 3 rings (SSSR count). The molecular weight excluding hydrogens is 360 g/mol. The lowest BCUT2D eigenvalue weighted by Gasteiger charge is -2.20. The molecule has 1 aromatic carbocycles. The van der Waals surface area contributed by atoms with Crippen LogP contribution in [0.1, 0.15) is 25.8 Å². The van der Waals surface area contributed by atoms with E-state index in [1.165, 1.54) is 5.51 Å². The van der Waals surface area contributed by atoms with Gasteiger partial charge < -0.3 is 9.29 Å². The zero-order valence-corrected chi connectivity index (χ0v) is 15.9. The predicted octanol–water partition coefficient (Wildman–Crippen LogP) is 2.79. The van der Waals surface area contributed by atoms with Crippen molar-refractivity contribution in [3.63, 3.8) is 0 Å². The van der Waals surface area contributed by atoms with E-state index in [-0.39, 0.29) is 10.0 Å². The Morgan fingerprint density at radius 3 is 3.04 bits per heavy atom. The van der Waals surface area contributed by atoms with Crippen molar-refractivity contribution in [2.75, 3.05) is 24.4 Å². The molecule has 2 heterocycles. The van der Waals surface area contributed by atoms with Gasteiger partial charge in [-0.15, -0.1) is 10.2 Å². The number of fused-ring (bicyclic) bond motifs is 1. The number of nitrogens with zero attached hydrogens (tertiary/aromatic N) is 3. The minimum absolute atomic E-state index is 0.164. The first-order chi connectivity index (χ1) is 11.9. The molecule has 0 aliphatic carbocycles. The highest BCUT2D eigenvalue weighted by molar-refractivity contribution is 7.99. The van der Waals surface area contributed by atoms with Crippen molar-refractivity contribution >= 4 is 26.9 Å². The van der Waals surface area contributed by atoms with Crippen LogP contribution in [0.3, 0.4) is 0 Å². The van der Waals surface area contributed by atoms with Crippen molar-refractivity contribution in [1.82, 2.24) is 15.1 Å². The van der Waals surface area contributed by atoms with Crippen LogP contribution in [0.15, 0.2) is 28.6 Å². The van der Waals surface area contributed by atoms with Gasteiger partial charge in [-0.25, -0.2) is 0 Å². The molecule has 7 nitrogen and oxygen atoms in total. The Hall–Kier alpha value is -1.55. The quantitative estimate of drug-likeness (QED) is 0.773. The molecule has 25 heavy (non-hydrogen) atoms. The van der Waals surface area contributed by atoms with E-state index in [1.54, 1.807) is 12.1 Å². The topological polar surface area (TPSA) is 90.4 Å². The Labute approximate surface area is 152 Å². The summed E-state index contributed by atoms with van der Waals surface area (Å²) in [7, 11) is -3.70. The number of hydrogen-bond donors (Lipinski definition) is 1. The van der Waals surface area contributed by atoms with E-state index >= 15 is 0 Å². The van der Waals surface area contributed by atoms with Crippen molar-refractivity contribution in [2.24, 2.45) is 5.92 Å². The van der Waals surface area contributed by atoms with E-state index in [0.29, 0.717) is 18.3 Å². The summed E-state index contributed by atoms with van der Waals surface area (Å²) in [4.78, 5) is 2.51. The van der Waals surface area contributed by atoms with Crippen LogP contribution in [-0.2, 0) is 21.2 Å². The summed E-state index contributed by atoms with van der Waals surface area (Å²) in [6, 6.07) is 5.03. The van der Waals surface area contributed by atoms with E-state index in [4.69, 9.17) is 4.74 Å². The smallest absolute Gasteiger partial charge is 0.247 e. The van der Waals surface area contributed by atoms with Crippen LogP contribution in [0.5, 0.6) is 5.75 Å². The minimum Gasteiger partial charge on any atom is -0.588 e. The molecule has 0 amide bonds. The van der Waals surface area contributed by atoms with E-state index in [2.05, 4.69) is 33.7 Å². The molecule has 0 radical (unpaired) electrons. The van der Waals surface area contributed by atoms with Gasteiger partial charge >= 0.3 is 0 Å². The average molecular weight is 383 g/mol. The molecule has 9 heteroatoms. The predicted molar refractivity (Wildman–Crippen MR) is 97.3 cm³/mol. The highest BCUT2D eigenvalue weighted by atomic mass is 32.3. The maximum atomic E-state index is 12.5. The first-order valence-corrected chi connectivity index (χ1v) is 10.6. The Kier molecular flexibility index (Phi) is 5.67. The van der Waals surface area contributed by atoms with Crippen LogP contribution in [0.2, 0.25) is 0 Å². The monoisotopic (exact) mass is 382 g/mol. The standard InChI is InChI=1S/C16H22N4O3S2/c1-12(2)5-6-20-7-8-23-15-9-14(4-3-13(15)10-20)25(21,22)19-16-18-17-11-24-16/h3-4,9,11-12H,5-8,10H2,1-2H3,(H-,18,19,21,22). The first-order valence-electron chi connectivity index (χ1n) is 8.21. The third-order valence-electron chi connectivity index (χ3n) is 4.01. The Morgan fingerprint density at radius 2 is 2.32 bits per heavy atom. The summed E-state index contributed by atoms with van der Waals surface area (Å²) < 4.78 is 33.2. The fourth-order valence-corrected chi connectivity index (χ4v) is 4.30. The number of rotatable bonds is 6.